The fraction of sp³-hybridized carbons (Fsp3) is 0.0476. The van der Waals surface area contributed by atoms with Crippen LogP contribution in [0.2, 0.25) is 15.1 Å². The second kappa shape index (κ2) is 7.84. The van der Waals surface area contributed by atoms with E-state index in [-0.39, 0.29) is 5.91 Å². The normalized spacial score (nSPS) is 11.0. The van der Waals surface area contributed by atoms with E-state index >= 15 is 0 Å². The summed E-state index contributed by atoms with van der Waals surface area (Å²) >= 11 is 18.0. The molecule has 1 amide bonds. The maximum absolute atomic E-state index is 12.3. The number of benzene rings is 3. The Morgan fingerprint density at radius 3 is 2.36 bits per heavy atom. The van der Waals surface area contributed by atoms with E-state index in [4.69, 9.17) is 39.2 Å². The predicted octanol–water partition coefficient (Wildman–Crippen LogP) is 6.63. The van der Waals surface area contributed by atoms with Crippen molar-refractivity contribution in [3.63, 3.8) is 0 Å². The zero-order chi connectivity index (χ0) is 19.7. The van der Waals surface area contributed by atoms with Crippen molar-refractivity contribution >= 4 is 57.5 Å². The molecule has 0 bridgehead atoms. The van der Waals surface area contributed by atoms with E-state index in [0.29, 0.717) is 49.7 Å². The molecular weight excluding hydrogens is 419 g/mol. The summed E-state index contributed by atoms with van der Waals surface area (Å²) in [5.74, 6) is 0.340. The van der Waals surface area contributed by atoms with Crippen molar-refractivity contribution in [1.29, 1.82) is 0 Å². The SMILES string of the molecule is O=C(Nc1ccc(Cc2nc3cc(Cl)cc(Cl)c3o2)cc1)c1ccc(Cl)cc1. The standard InChI is InChI=1S/C21H13Cl3N2O2/c22-14-5-3-13(4-6-14)21(27)25-16-7-1-12(2-8-16)9-19-26-18-11-15(23)10-17(24)20(18)28-19/h1-8,10-11H,9H2,(H,25,27). The van der Waals surface area contributed by atoms with Gasteiger partial charge < -0.3 is 9.73 Å². The Labute approximate surface area is 176 Å². The molecule has 0 aliphatic carbocycles. The van der Waals surface area contributed by atoms with Crippen LogP contribution in [0.4, 0.5) is 5.69 Å². The summed E-state index contributed by atoms with van der Waals surface area (Å²) in [7, 11) is 0. The number of anilines is 1. The largest absolute Gasteiger partial charge is 0.439 e. The number of rotatable bonds is 4. The first-order valence-electron chi connectivity index (χ1n) is 8.38. The number of carbonyl (C=O) groups is 1. The number of fused-ring (bicyclic) bond motifs is 1. The van der Waals surface area contributed by atoms with E-state index < -0.39 is 0 Å². The molecule has 0 spiro atoms. The molecule has 28 heavy (non-hydrogen) atoms. The third kappa shape index (κ3) is 4.14. The minimum absolute atomic E-state index is 0.199. The Hall–Kier alpha value is -2.53. The average Bonchev–Trinajstić information content (AvgIpc) is 3.06. The van der Waals surface area contributed by atoms with Crippen LogP contribution < -0.4 is 5.32 Å². The van der Waals surface area contributed by atoms with Crippen LogP contribution in [0.25, 0.3) is 11.1 Å². The molecule has 3 aromatic carbocycles. The number of nitrogens with zero attached hydrogens (tertiary/aromatic N) is 1. The van der Waals surface area contributed by atoms with E-state index in [9.17, 15) is 4.79 Å². The van der Waals surface area contributed by atoms with Crippen molar-refractivity contribution in [2.24, 2.45) is 0 Å². The summed E-state index contributed by atoms with van der Waals surface area (Å²) in [6.07, 6.45) is 0.494. The van der Waals surface area contributed by atoms with Crippen molar-refractivity contribution in [1.82, 2.24) is 4.98 Å². The van der Waals surface area contributed by atoms with Gasteiger partial charge in [-0.3, -0.25) is 4.79 Å². The predicted molar refractivity (Wildman–Crippen MR) is 113 cm³/mol. The van der Waals surface area contributed by atoms with Crippen LogP contribution in [0.5, 0.6) is 0 Å². The van der Waals surface area contributed by atoms with E-state index in [1.54, 1.807) is 36.4 Å². The first kappa shape index (κ1) is 18.8. The summed E-state index contributed by atoms with van der Waals surface area (Å²) in [5.41, 5.74) is 3.36. The molecule has 0 aliphatic rings. The van der Waals surface area contributed by atoms with Gasteiger partial charge in [-0.25, -0.2) is 4.98 Å². The van der Waals surface area contributed by atoms with Gasteiger partial charge in [0, 0.05) is 27.7 Å². The van der Waals surface area contributed by atoms with E-state index in [2.05, 4.69) is 10.3 Å². The van der Waals surface area contributed by atoms with Crippen LogP contribution >= 0.6 is 34.8 Å². The Morgan fingerprint density at radius 2 is 1.64 bits per heavy atom. The Morgan fingerprint density at radius 1 is 0.929 bits per heavy atom. The van der Waals surface area contributed by atoms with Crippen molar-refractivity contribution in [2.45, 2.75) is 6.42 Å². The number of oxazole rings is 1. The third-order valence-corrected chi connectivity index (χ3v) is 4.88. The molecule has 1 N–H and O–H groups in total. The lowest BCUT2D eigenvalue weighted by Crippen LogP contribution is -2.11. The molecule has 1 heterocycles. The first-order chi connectivity index (χ1) is 13.5. The molecule has 1 aromatic heterocycles. The van der Waals surface area contributed by atoms with Crippen molar-refractivity contribution in [3.8, 4) is 0 Å². The topological polar surface area (TPSA) is 55.1 Å². The molecule has 0 saturated carbocycles. The van der Waals surface area contributed by atoms with Crippen LogP contribution in [0.1, 0.15) is 21.8 Å². The molecule has 0 aliphatic heterocycles. The van der Waals surface area contributed by atoms with Gasteiger partial charge in [-0.15, -0.1) is 0 Å². The highest BCUT2D eigenvalue weighted by atomic mass is 35.5. The summed E-state index contributed by atoms with van der Waals surface area (Å²) in [4.78, 5) is 16.7. The highest BCUT2D eigenvalue weighted by Gasteiger charge is 2.11. The summed E-state index contributed by atoms with van der Waals surface area (Å²) in [5, 5.41) is 4.38. The zero-order valence-corrected chi connectivity index (χ0v) is 16.6. The van der Waals surface area contributed by atoms with Gasteiger partial charge in [-0.05, 0) is 54.1 Å². The second-order valence-corrected chi connectivity index (χ2v) is 7.46. The third-order valence-electron chi connectivity index (χ3n) is 4.13. The fourth-order valence-corrected chi connectivity index (χ4v) is 3.41. The Kier molecular flexibility index (Phi) is 5.27. The summed E-state index contributed by atoms with van der Waals surface area (Å²) < 4.78 is 5.74. The van der Waals surface area contributed by atoms with Crippen LogP contribution in [-0.4, -0.2) is 10.9 Å². The molecule has 0 fully saturated rings. The van der Waals surface area contributed by atoms with Crippen molar-refractivity contribution < 1.29 is 9.21 Å². The number of hydrogen-bond acceptors (Lipinski definition) is 3. The summed E-state index contributed by atoms with van der Waals surface area (Å²) in [6.45, 7) is 0. The van der Waals surface area contributed by atoms with Gasteiger partial charge in [0.25, 0.3) is 5.91 Å². The second-order valence-electron chi connectivity index (χ2n) is 6.18. The maximum Gasteiger partial charge on any atom is 0.255 e. The van der Waals surface area contributed by atoms with Crippen molar-refractivity contribution in [2.75, 3.05) is 5.32 Å². The number of halogens is 3. The van der Waals surface area contributed by atoms with Crippen LogP contribution in [0, 0.1) is 0 Å². The van der Waals surface area contributed by atoms with E-state index in [0.717, 1.165) is 5.56 Å². The Balaban J connectivity index is 1.47. The number of carbonyl (C=O) groups excluding carboxylic acids is 1. The minimum atomic E-state index is -0.199. The van der Waals surface area contributed by atoms with Gasteiger partial charge in [0.2, 0.25) is 0 Å². The van der Waals surface area contributed by atoms with Crippen LogP contribution in [-0.2, 0) is 6.42 Å². The zero-order valence-electron chi connectivity index (χ0n) is 14.4. The quantitative estimate of drug-likeness (QED) is 0.394. The number of aromatic nitrogens is 1. The molecule has 4 rings (SSSR count). The summed E-state index contributed by atoms with van der Waals surface area (Å²) in [6, 6.07) is 17.5. The molecule has 4 aromatic rings. The molecule has 140 valence electrons. The maximum atomic E-state index is 12.3. The molecule has 0 atom stereocenters. The monoisotopic (exact) mass is 430 g/mol. The molecular formula is C21H13Cl3N2O2. The van der Waals surface area contributed by atoms with E-state index in [1.165, 1.54) is 0 Å². The average molecular weight is 432 g/mol. The smallest absolute Gasteiger partial charge is 0.255 e. The van der Waals surface area contributed by atoms with Gasteiger partial charge in [-0.2, -0.15) is 0 Å². The van der Waals surface area contributed by atoms with Gasteiger partial charge in [0.05, 0.1) is 5.02 Å². The van der Waals surface area contributed by atoms with Gasteiger partial charge in [0.15, 0.2) is 11.5 Å². The van der Waals surface area contributed by atoms with E-state index in [1.807, 2.05) is 24.3 Å². The van der Waals surface area contributed by atoms with Crippen LogP contribution in [0.3, 0.4) is 0 Å². The Bertz CT molecular complexity index is 1150. The van der Waals surface area contributed by atoms with Crippen molar-refractivity contribution in [3.05, 3.63) is 92.7 Å². The lowest BCUT2D eigenvalue weighted by Gasteiger charge is -2.06. The molecule has 0 unspecified atom stereocenters. The minimum Gasteiger partial charge on any atom is -0.439 e. The molecule has 4 nitrogen and oxygen atoms in total. The lowest BCUT2D eigenvalue weighted by atomic mass is 10.1. The number of nitrogens with one attached hydrogen (secondary N) is 1. The van der Waals surface area contributed by atoms with Gasteiger partial charge in [0.1, 0.15) is 5.52 Å². The highest BCUT2D eigenvalue weighted by molar-refractivity contribution is 6.38. The molecule has 0 radical (unpaired) electrons. The lowest BCUT2D eigenvalue weighted by molar-refractivity contribution is 0.102. The fourth-order valence-electron chi connectivity index (χ4n) is 2.77. The van der Waals surface area contributed by atoms with Gasteiger partial charge >= 0.3 is 0 Å². The number of hydrogen-bond donors (Lipinski definition) is 1. The number of amides is 1. The van der Waals surface area contributed by atoms with Crippen LogP contribution in [0.15, 0.2) is 65.1 Å². The first-order valence-corrected chi connectivity index (χ1v) is 9.51. The highest BCUT2D eigenvalue weighted by Crippen LogP contribution is 2.29. The van der Waals surface area contributed by atoms with Gasteiger partial charge in [-0.1, -0.05) is 46.9 Å². The molecule has 7 heteroatoms. The molecule has 0 saturated heterocycles.